The SMILES string of the molecule is C=CCNC(=NC)NCC1Cc2ccccc21.I. The lowest BCUT2D eigenvalue weighted by Crippen LogP contribution is -2.41. The first-order valence-corrected chi connectivity index (χ1v) is 5.98. The fourth-order valence-corrected chi connectivity index (χ4v) is 2.15. The molecule has 3 nitrogen and oxygen atoms in total. The Balaban J connectivity index is 0.00000162. The molecule has 0 bridgehead atoms. The van der Waals surface area contributed by atoms with Crippen LogP contribution in [-0.4, -0.2) is 26.1 Å². The van der Waals surface area contributed by atoms with Crippen molar-refractivity contribution in [2.75, 3.05) is 20.1 Å². The molecule has 2 rings (SSSR count). The highest BCUT2D eigenvalue weighted by Crippen LogP contribution is 2.33. The van der Waals surface area contributed by atoms with Gasteiger partial charge in [-0.15, -0.1) is 30.6 Å². The van der Waals surface area contributed by atoms with Gasteiger partial charge in [-0.25, -0.2) is 0 Å². The molecule has 0 saturated carbocycles. The van der Waals surface area contributed by atoms with Crippen LogP contribution in [0, 0.1) is 0 Å². The second-order valence-electron chi connectivity index (χ2n) is 4.22. The topological polar surface area (TPSA) is 36.4 Å². The van der Waals surface area contributed by atoms with Gasteiger partial charge < -0.3 is 10.6 Å². The highest BCUT2D eigenvalue weighted by atomic mass is 127. The Morgan fingerprint density at radius 3 is 2.89 bits per heavy atom. The lowest BCUT2D eigenvalue weighted by atomic mass is 9.78. The van der Waals surface area contributed by atoms with E-state index in [4.69, 9.17) is 0 Å². The first-order valence-electron chi connectivity index (χ1n) is 5.98. The van der Waals surface area contributed by atoms with Crippen molar-refractivity contribution in [2.45, 2.75) is 12.3 Å². The number of hydrogen-bond acceptors (Lipinski definition) is 1. The summed E-state index contributed by atoms with van der Waals surface area (Å²) in [6, 6.07) is 8.63. The largest absolute Gasteiger partial charge is 0.356 e. The molecule has 0 amide bonds. The van der Waals surface area contributed by atoms with Gasteiger partial charge in [0.15, 0.2) is 5.96 Å². The predicted molar refractivity (Wildman–Crippen MR) is 87.9 cm³/mol. The van der Waals surface area contributed by atoms with Crippen LogP contribution in [0.1, 0.15) is 17.0 Å². The van der Waals surface area contributed by atoms with Crippen molar-refractivity contribution in [3.05, 3.63) is 48.0 Å². The number of hydrogen-bond donors (Lipinski definition) is 2. The van der Waals surface area contributed by atoms with Gasteiger partial charge in [0.05, 0.1) is 0 Å². The van der Waals surface area contributed by atoms with Gasteiger partial charge in [-0.3, -0.25) is 4.99 Å². The minimum atomic E-state index is 0. The Morgan fingerprint density at radius 2 is 2.22 bits per heavy atom. The Kier molecular flexibility index (Phi) is 6.18. The van der Waals surface area contributed by atoms with E-state index in [0.29, 0.717) is 5.92 Å². The van der Waals surface area contributed by atoms with E-state index in [2.05, 4.69) is 46.5 Å². The van der Waals surface area contributed by atoms with Crippen LogP contribution in [-0.2, 0) is 6.42 Å². The van der Waals surface area contributed by atoms with Crippen molar-refractivity contribution in [3.8, 4) is 0 Å². The van der Waals surface area contributed by atoms with Gasteiger partial charge in [-0.05, 0) is 17.5 Å². The number of nitrogens with zero attached hydrogens (tertiary/aromatic N) is 1. The molecule has 98 valence electrons. The monoisotopic (exact) mass is 357 g/mol. The molecule has 18 heavy (non-hydrogen) atoms. The Bertz CT molecular complexity index is 429. The first-order chi connectivity index (χ1) is 8.35. The van der Waals surface area contributed by atoms with Crippen molar-refractivity contribution in [1.82, 2.24) is 10.6 Å². The van der Waals surface area contributed by atoms with Crippen molar-refractivity contribution >= 4 is 29.9 Å². The van der Waals surface area contributed by atoms with E-state index in [1.54, 1.807) is 7.05 Å². The summed E-state index contributed by atoms with van der Waals surface area (Å²) in [6.07, 6.45) is 2.99. The summed E-state index contributed by atoms with van der Waals surface area (Å²) in [4.78, 5) is 4.16. The van der Waals surface area contributed by atoms with E-state index in [-0.39, 0.29) is 24.0 Å². The second kappa shape index (κ2) is 7.41. The molecule has 0 radical (unpaired) electrons. The maximum Gasteiger partial charge on any atom is 0.191 e. The molecule has 0 spiro atoms. The molecule has 2 N–H and O–H groups in total. The molecular weight excluding hydrogens is 337 g/mol. The highest BCUT2D eigenvalue weighted by molar-refractivity contribution is 14.0. The standard InChI is InChI=1S/C14H19N3.HI/c1-3-8-16-14(15-2)17-10-12-9-11-6-4-5-7-13(11)12;/h3-7,12H,1,8-10H2,2H3,(H2,15,16,17);1H. The summed E-state index contributed by atoms with van der Waals surface area (Å²) in [5.74, 6) is 1.46. The molecule has 4 heteroatoms. The molecule has 1 atom stereocenters. The van der Waals surface area contributed by atoms with E-state index in [9.17, 15) is 0 Å². The Labute approximate surface area is 126 Å². The lowest BCUT2D eigenvalue weighted by Gasteiger charge is -2.30. The van der Waals surface area contributed by atoms with E-state index in [1.165, 1.54) is 17.5 Å². The number of guanidine groups is 1. The van der Waals surface area contributed by atoms with Crippen LogP contribution in [0.3, 0.4) is 0 Å². The van der Waals surface area contributed by atoms with Gasteiger partial charge in [-0.1, -0.05) is 30.3 Å². The van der Waals surface area contributed by atoms with Crippen LogP contribution < -0.4 is 10.6 Å². The molecule has 1 aromatic rings. The fraction of sp³-hybridized carbons (Fsp3) is 0.357. The summed E-state index contributed by atoms with van der Waals surface area (Å²) in [6.45, 7) is 5.35. The summed E-state index contributed by atoms with van der Waals surface area (Å²) < 4.78 is 0. The van der Waals surface area contributed by atoms with Gasteiger partial charge in [0.25, 0.3) is 0 Å². The molecule has 0 heterocycles. The summed E-state index contributed by atoms with van der Waals surface area (Å²) in [5.41, 5.74) is 2.95. The van der Waals surface area contributed by atoms with Crippen LogP contribution in [0.25, 0.3) is 0 Å². The number of halogens is 1. The van der Waals surface area contributed by atoms with Gasteiger partial charge in [-0.2, -0.15) is 0 Å². The second-order valence-corrected chi connectivity index (χ2v) is 4.22. The zero-order valence-electron chi connectivity index (χ0n) is 10.6. The molecule has 0 aliphatic heterocycles. The highest BCUT2D eigenvalue weighted by Gasteiger charge is 2.24. The van der Waals surface area contributed by atoms with Crippen LogP contribution in [0.4, 0.5) is 0 Å². The molecule has 1 unspecified atom stereocenters. The third-order valence-electron chi connectivity index (χ3n) is 3.11. The number of benzene rings is 1. The summed E-state index contributed by atoms with van der Waals surface area (Å²) >= 11 is 0. The van der Waals surface area contributed by atoms with Gasteiger partial charge >= 0.3 is 0 Å². The Morgan fingerprint density at radius 1 is 1.44 bits per heavy atom. The zero-order valence-corrected chi connectivity index (χ0v) is 13.0. The molecule has 0 fully saturated rings. The first kappa shape index (κ1) is 15.0. The third-order valence-corrected chi connectivity index (χ3v) is 3.11. The average Bonchev–Trinajstić information content (AvgIpc) is 2.34. The smallest absolute Gasteiger partial charge is 0.191 e. The number of aliphatic imine (C=N–C) groups is 1. The van der Waals surface area contributed by atoms with Crippen LogP contribution >= 0.6 is 24.0 Å². The van der Waals surface area contributed by atoms with E-state index in [0.717, 1.165) is 19.0 Å². The van der Waals surface area contributed by atoms with Crippen LogP contribution in [0.15, 0.2) is 41.9 Å². The van der Waals surface area contributed by atoms with Gasteiger partial charge in [0, 0.05) is 26.1 Å². The van der Waals surface area contributed by atoms with Crippen molar-refractivity contribution in [2.24, 2.45) is 4.99 Å². The van der Waals surface area contributed by atoms with Crippen molar-refractivity contribution in [3.63, 3.8) is 0 Å². The zero-order chi connectivity index (χ0) is 12.1. The molecule has 1 aliphatic rings. The maximum absolute atomic E-state index is 4.16. The van der Waals surface area contributed by atoms with Crippen LogP contribution in [0.2, 0.25) is 0 Å². The molecule has 0 saturated heterocycles. The predicted octanol–water partition coefficient (Wildman–Crippen LogP) is 2.30. The third kappa shape index (κ3) is 3.48. The quantitative estimate of drug-likeness (QED) is 0.376. The summed E-state index contributed by atoms with van der Waals surface area (Å²) in [7, 11) is 1.78. The summed E-state index contributed by atoms with van der Waals surface area (Å²) in [5, 5.41) is 6.51. The number of fused-ring (bicyclic) bond motifs is 1. The minimum Gasteiger partial charge on any atom is -0.356 e. The van der Waals surface area contributed by atoms with Gasteiger partial charge in [0.2, 0.25) is 0 Å². The van der Waals surface area contributed by atoms with Crippen molar-refractivity contribution < 1.29 is 0 Å². The maximum atomic E-state index is 4.16. The molecule has 1 aliphatic carbocycles. The lowest BCUT2D eigenvalue weighted by molar-refractivity contribution is 0.585. The van der Waals surface area contributed by atoms with E-state index >= 15 is 0 Å². The van der Waals surface area contributed by atoms with Crippen LogP contribution in [0.5, 0.6) is 0 Å². The molecule has 0 aromatic heterocycles. The minimum absolute atomic E-state index is 0. The van der Waals surface area contributed by atoms with Crippen molar-refractivity contribution in [1.29, 1.82) is 0 Å². The normalized spacial score (nSPS) is 16.9. The fourth-order valence-electron chi connectivity index (χ4n) is 2.15. The Hall–Kier alpha value is -1.04. The van der Waals surface area contributed by atoms with E-state index < -0.39 is 0 Å². The van der Waals surface area contributed by atoms with Gasteiger partial charge in [0.1, 0.15) is 0 Å². The number of nitrogens with one attached hydrogen (secondary N) is 2. The van der Waals surface area contributed by atoms with E-state index in [1.807, 2.05) is 6.08 Å². The molecule has 1 aromatic carbocycles. The molecular formula is C14H20IN3. The average molecular weight is 357 g/mol. The number of rotatable bonds is 4.